The summed E-state index contributed by atoms with van der Waals surface area (Å²) in [6.45, 7) is 4.16. The van der Waals surface area contributed by atoms with Crippen molar-refractivity contribution in [1.29, 1.82) is 0 Å². The molecule has 1 atom stereocenters. The Morgan fingerprint density at radius 3 is 2.75 bits per heavy atom. The fourth-order valence-corrected chi connectivity index (χ4v) is 4.73. The van der Waals surface area contributed by atoms with Crippen LogP contribution in [0.4, 0.5) is 25.3 Å². The lowest BCUT2D eigenvalue weighted by Crippen LogP contribution is -2.29. The monoisotopic (exact) mass is 461 g/mol. The number of rotatable bonds is 5. The minimum atomic E-state index is -0.767. The SMILES string of the molecule is CCn1ncc(NC(=O)c2nc(-c3c(F)cccc3F)sc2N)c1N1CCC[C@@H](N)CC1. The van der Waals surface area contributed by atoms with Gasteiger partial charge >= 0.3 is 0 Å². The number of aromatic nitrogens is 3. The standard InChI is InChI=1S/C21H25F2N7OS/c1-2-30-21(29-9-4-5-12(24)8-10-29)15(11-26-30)27-19(31)17-18(25)32-20(28-17)16-13(22)6-3-7-14(16)23/h3,6-7,11-12H,2,4-5,8-10,24-25H2,1H3,(H,27,31)/t12-/m1/s1. The van der Waals surface area contributed by atoms with Crippen LogP contribution in [-0.4, -0.2) is 39.8 Å². The summed E-state index contributed by atoms with van der Waals surface area (Å²) in [6, 6.07) is 3.69. The number of nitrogens with zero attached hydrogens (tertiary/aromatic N) is 4. The van der Waals surface area contributed by atoms with Gasteiger partial charge in [0.25, 0.3) is 5.91 Å². The largest absolute Gasteiger partial charge is 0.389 e. The molecule has 0 unspecified atom stereocenters. The fourth-order valence-electron chi connectivity index (χ4n) is 3.85. The lowest BCUT2D eigenvalue weighted by atomic mass is 10.1. The number of hydrogen-bond acceptors (Lipinski definition) is 7. The zero-order valence-corrected chi connectivity index (χ0v) is 18.5. The molecule has 11 heteroatoms. The zero-order chi connectivity index (χ0) is 22.8. The molecule has 170 valence electrons. The summed E-state index contributed by atoms with van der Waals surface area (Å²) in [6.07, 6.45) is 4.32. The number of nitrogen functional groups attached to an aromatic ring is 1. The number of carbonyl (C=O) groups is 1. The normalized spacial score (nSPS) is 16.8. The van der Waals surface area contributed by atoms with Gasteiger partial charge in [0.1, 0.15) is 27.3 Å². The van der Waals surface area contributed by atoms with Crippen molar-refractivity contribution < 1.29 is 13.6 Å². The van der Waals surface area contributed by atoms with E-state index in [1.54, 1.807) is 6.20 Å². The molecule has 1 aliphatic rings. The maximum Gasteiger partial charge on any atom is 0.277 e. The number of hydrogen-bond donors (Lipinski definition) is 3. The molecule has 4 rings (SSSR count). The molecule has 0 aliphatic carbocycles. The topological polar surface area (TPSA) is 115 Å². The summed E-state index contributed by atoms with van der Waals surface area (Å²) in [5, 5.41) is 7.30. The predicted molar refractivity (Wildman–Crippen MR) is 122 cm³/mol. The number of benzene rings is 1. The first-order valence-corrected chi connectivity index (χ1v) is 11.3. The highest BCUT2D eigenvalue weighted by Gasteiger charge is 2.25. The van der Waals surface area contributed by atoms with Crippen molar-refractivity contribution in [2.75, 3.05) is 29.0 Å². The zero-order valence-electron chi connectivity index (χ0n) is 17.6. The molecule has 1 fully saturated rings. The molecule has 8 nitrogen and oxygen atoms in total. The van der Waals surface area contributed by atoms with Gasteiger partial charge in [-0.2, -0.15) is 5.10 Å². The maximum atomic E-state index is 14.1. The van der Waals surface area contributed by atoms with Crippen LogP contribution in [0, 0.1) is 11.6 Å². The Labute approximate surface area is 188 Å². The van der Waals surface area contributed by atoms with Gasteiger partial charge in [-0.3, -0.25) is 4.79 Å². The van der Waals surface area contributed by atoms with Gasteiger partial charge in [-0.1, -0.05) is 17.4 Å². The summed E-state index contributed by atoms with van der Waals surface area (Å²) in [5.41, 5.74) is 12.2. The number of nitrogens with two attached hydrogens (primary N) is 2. The fraction of sp³-hybridized carbons (Fsp3) is 0.381. The van der Waals surface area contributed by atoms with Gasteiger partial charge in [-0.15, -0.1) is 0 Å². The number of aryl methyl sites for hydroxylation is 1. The third-order valence-corrected chi connectivity index (χ3v) is 6.38. The van der Waals surface area contributed by atoms with E-state index in [-0.39, 0.29) is 27.3 Å². The summed E-state index contributed by atoms with van der Waals surface area (Å²) >= 11 is 0.860. The molecular weight excluding hydrogens is 436 g/mol. The number of nitrogens with one attached hydrogen (secondary N) is 1. The van der Waals surface area contributed by atoms with E-state index in [9.17, 15) is 13.6 Å². The van der Waals surface area contributed by atoms with Gasteiger partial charge in [0, 0.05) is 25.7 Å². The summed E-state index contributed by atoms with van der Waals surface area (Å²) < 4.78 is 30.1. The number of thiazole rings is 1. The molecule has 0 spiro atoms. The second-order valence-electron chi connectivity index (χ2n) is 7.66. The van der Waals surface area contributed by atoms with E-state index in [4.69, 9.17) is 11.5 Å². The predicted octanol–water partition coefficient (Wildman–Crippen LogP) is 3.46. The highest BCUT2D eigenvalue weighted by atomic mass is 32.1. The molecule has 32 heavy (non-hydrogen) atoms. The van der Waals surface area contributed by atoms with Crippen LogP contribution in [0.25, 0.3) is 10.6 Å². The van der Waals surface area contributed by atoms with Crippen molar-refractivity contribution in [3.05, 3.63) is 41.7 Å². The Bertz CT molecular complexity index is 1110. The quantitative estimate of drug-likeness (QED) is 0.536. The van der Waals surface area contributed by atoms with Crippen molar-refractivity contribution >= 4 is 33.8 Å². The number of halogens is 2. The van der Waals surface area contributed by atoms with Crippen LogP contribution in [0.1, 0.15) is 36.7 Å². The van der Waals surface area contributed by atoms with Crippen LogP contribution < -0.4 is 21.7 Å². The molecule has 3 aromatic rings. The molecule has 1 aromatic carbocycles. The molecular formula is C21H25F2N7OS. The van der Waals surface area contributed by atoms with Gasteiger partial charge in [0.2, 0.25) is 0 Å². The lowest BCUT2D eigenvalue weighted by Gasteiger charge is -2.24. The number of amides is 1. The third kappa shape index (κ3) is 4.30. The van der Waals surface area contributed by atoms with E-state index in [1.807, 2.05) is 11.6 Å². The Hall–Kier alpha value is -3.05. The Morgan fingerprint density at radius 2 is 2.03 bits per heavy atom. The van der Waals surface area contributed by atoms with Gasteiger partial charge in [0.15, 0.2) is 11.5 Å². The van der Waals surface area contributed by atoms with Gasteiger partial charge in [0.05, 0.1) is 11.8 Å². The van der Waals surface area contributed by atoms with Crippen molar-refractivity contribution in [2.45, 2.75) is 38.8 Å². The molecule has 3 heterocycles. The van der Waals surface area contributed by atoms with Crippen LogP contribution in [-0.2, 0) is 6.54 Å². The van der Waals surface area contributed by atoms with Crippen molar-refractivity contribution in [3.8, 4) is 10.6 Å². The molecule has 5 N–H and O–H groups in total. The lowest BCUT2D eigenvalue weighted by molar-refractivity contribution is 0.102. The third-order valence-electron chi connectivity index (χ3n) is 5.48. The van der Waals surface area contributed by atoms with Crippen LogP contribution in [0.15, 0.2) is 24.4 Å². The summed E-state index contributed by atoms with van der Waals surface area (Å²) in [7, 11) is 0. The minimum Gasteiger partial charge on any atom is -0.389 e. The average molecular weight is 462 g/mol. The van der Waals surface area contributed by atoms with Crippen LogP contribution >= 0.6 is 11.3 Å². The number of carbonyl (C=O) groups excluding carboxylic acids is 1. The first kappa shape index (κ1) is 22.2. The van der Waals surface area contributed by atoms with E-state index in [2.05, 4.69) is 20.3 Å². The highest BCUT2D eigenvalue weighted by molar-refractivity contribution is 7.19. The second-order valence-corrected chi connectivity index (χ2v) is 8.69. The molecule has 2 aromatic heterocycles. The molecule has 0 saturated carbocycles. The van der Waals surface area contributed by atoms with Crippen molar-refractivity contribution in [2.24, 2.45) is 5.73 Å². The first-order chi connectivity index (χ1) is 15.4. The maximum absolute atomic E-state index is 14.1. The van der Waals surface area contributed by atoms with Crippen molar-refractivity contribution in [1.82, 2.24) is 14.8 Å². The van der Waals surface area contributed by atoms with E-state index in [1.165, 1.54) is 6.07 Å². The van der Waals surface area contributed by atoms with E-state index >= 15 is 0 Å². The average Bonchev–Trinajstić information content (AvgIpc) is 3.26. The Kier molecular flexibility index (Phi) is 6.38. The van der Waals surface area contributed by atoms with Crippen LogP contribution in [0.3, 0.4) is 0 Å². The van der Waals surface area contributed by atoms with E-state index < -0.39 is 17.5 Å². The first-order valence-electron chi connectivity index (χ1n) is 10.5. The van der Waals surface area contributed by atoms with Crippen LogP contribution in [0.5, 0.6) is 0 Å². The number of anilines is 3. The smallest absolute Gasteiger partial charge is 0.277 e. The van der Waals surface area contributed by atoms with E-state index in [0.29, 0.717) is 12.2 Å². The van der Waals surface area contributed by atoms with Crippen molar-refractivity contribution in [3.63, 3.8) is 0 Å². The second kappa shape index (κ2) is 9.21. The summed E-state index contributed by atoms with van der Waals surface area (Å²) in [4.78, 5) is 19.3. The van der Waals surface area contributed by atoms with Crippen LogP contribution in [0.2, 0.25) is 0 Å². The Balaban J connectivity index is 1.62. The molecule has 0 bridgehead atoms. The van der Waals surface area contributed by atoms with Gasteiger partial charge in [-0.05, 0) is 38.3 Å². The van der Waals surface area contributed by atoms with E-state index in [0.717, 1.165) is 61.6 Å². The van der Waals surface area contributed by atoms with Gasteiger partial charge < -0.3 is 21.7 Å². The van der Waals surface area contributed by atoms with Gasteiger partial charge in [-0.25, -0.2) is 18.4 Å². The highest BCUT2D eigenvalue weighted by Crippen LogP contribution is 2.34. The minimum absolute atomic E-state index is 0.00855. The molecule has 1 amide bonds. The Morgan fingerprint density at radius 1 is 1.28 bits per heavy atom. The summed E-state index contributed by atoms with van der Waals surface area (Å²) in [5.74, 6) is -1.30. The molecule has 1 aliphatic heterocycles. The molecule has 0 radical (unpaired) electrons. The molecule has 1 saturated heterocycles.